The molecule has 6 atom stereocenters. The van der Waals surface area contributed by atoms with Crippen molar-refractivity contribution in [3.8, 4) is 0 Å². The maximum Gasteiger partial charge on any atom is 0.0975 e. The van der Waals surface area contributed by atoms with Crippen molar-refractivity contribution in [2.45, 2.75) is 101 Å². The first-order valence-electron chi connectivity index (χ1n) is 14.1. The molecule has 0 amide bonds. The Morgan fingerprint density at radius 3 is 2.85 bits per heavy atom. The molecule has 2 saturated carbocycles. The molecule has 1 aromatic rings. The first-order chi connectivity index (χ1) is 16.6. The van der Waals surface area contributed by atoms with E-state index < -0.39 is 0 Å². The highest BCUT2D eigenvalue weighted by Gasteiger charge is 2.67. The van der Waals surface area contributed by atoms with E-state index >= 15 is 0 Å². The average Bonchev–Trinajstić information content (AvgIpc) is 3.33. The summed E-state index contributed by atoms with van der Waals surface area (Å²) in [6.45, 7) is 7.51. The molecular formula is C30H39N3O. The van der Waals surface area contributed by atoms with Gasteiger partial charge in [0.05, 0.1) is 11.2 Å². The molecule has 34 heavy (non-hydrogen) atoms. The molecule has 4 aliphatic heterocycles. The SMILES string of the molecule is C[C@]12CC=C3C=C4CC[C@H](N5CCC5)C[C@]45CC[C@]3(O5)[C@@H]1CCC2N1CCc2ccncc2C1. The molecule has 4 heteroatoms. The van der Waals surface area contributed by atoms with E-state index in [0.717, 1.165) is 12.6 Å². The summed E-state index contributed by atoms with van der Waals surface area (Å²) in [5.41, 5.74) is 6.50. The lowest BCUT2D eigenvalue weighted by molar-refractivity contribution is -0.147. The second kappa shape index (κ2) is 7.05. The lowest BCUT2D eigenvalue weighted by Gasteiger charge is -2.56. The molecule has 7 aliphatic rings. The number of nitrogens with zero attached hydrogens (tertiary/aromatic N) is 3. The number of likely N-dealkylation sites (tertiary alicyclic amines) is 1. The van der Waals surface area contributed by atoms with Gasteiger partial charge in [-0.25, -0.2) is 0 Å². The predicted octanol–water partition coefficient (Wildman–Crippen LogP) is 5.04. The molecule has 1 aromatic heterocycles. The minimum atomic E-state index is -0.0165. The van der Waals surface area contributed by atoms with Crippen LogP contribution < -0.4 is 0 Å². The fraction of sp³-hybridized carbons (Fsp3) is 0.700. The molecule has 2 bridgehead atoms. The number of hydrogen-bond acceptors (Lipinski definition) is 4. The maximum atomic E-state index is 7.51. The van der Waals surface area contributed by atoms with Gasteiger partial charge in [0.15, 0.2) is 0 Å². The highest BCUT2D eigenvalue weighted by Crippen LogP contribution is 2.67. The van der Waals surface area contributed by atoms with Crippen molar-refractivity contribution in [3.05, 3.63) is 52.9 Å². The van der Waals surface area contributed by atoms with Crippen LogP contribution >= 0.6 is 0 Å². The van der Waals surface area contributed by atoms with Crippen molar-refractivity contribution < 1.29 is 4.74 Å². The Hall–Kier alpha value is -1.49. The van der Waals surface area contributed by atoms with Gasteiger partial charge in [-0.05, 0) is 117 Å². The summed E-state index contributed by atoms with van der Waals surface area (Å²) < 4.78 is 7.51. The molecule has 3 aliphatic carbocycles. The van der Waals surface area contributed by atoms with Crippen LogP contribution in [-0.2, 0) is 17.7 Å². The van der Waals surface area contributed by atoms with E-state index in [4.69, 9.17) is 4.74 Å². The van der Waals surface area contributed by atoms with Crippen LogP contribution in [0, 0.1) is 11.3 Å². The van der Waals surface area contributed by atoms with E-state index in [1.165, 1.54) is 95.0 Å². The lowest BCUT2D eigenvalue weighted by Crippen LogP contribution is -2.58. The van der Waals surface area contributed by atoms with Crippen molar-refractivity contribution in [2.75, 3.05) is 19.6 Å². The Kier molecular flexibility index (Phi) is 4.29. The van der Waals surface area contributed by atoms with Crippen LogP contribution in [0.15, 0.2) is 41.8 Å². The summed E-state index contributed by atoms with van der Waals surface area (Å²) >= 11 is 0. The van der Waals surface area contributed by atoms with Crippen molar-refractivity contribution in [2.24, 2.45) is 11.3 Å². The number of ether oxygens (including phenoxy) is 1. The average molecular weight is 458 g/mol. The van der Waals surface area contributed by atoms with Crippen LogP contribution in [0.3, 0.4) is 0 Å². The molecule has 180 valence electrons. The summed E-state index contributed by atoms with van der Waals surface area (Å²) in [4.78, 5) is 10.00. The minimum Gasteiger partial charge on any atom is -0.359 e. The smallest absolute Gasteiger partial charge is 0.0975 e. The molecule has 2 spiro atoms. The summed E-state index contributed by atoms with van der Waals surface area (Å²) in [5.74, 6) is 0.654. The molecule has 1 unspecified atom stereocenters. The van der Waals surface area contributed by atoms with E-state index in [0.29, 0.717) is 17.4 Å². The largest absolute Gasteiger partial charge is 0.359 e. The number of fused-ring (bicyclic) bond motifs is 2. The number of pyridine rings is 1. The molecule has 4 nitrogen and oxygen atoms in total. The van der Waals surface area contributed by atoms with Gasteiger partial charge >= 0.3 is 0 Å². The molecule has 0 N–H and O–H groups in total. The van der Waals surface area contributed by atoms with Gasteiger partial charge in [-0.1, -0.05) is 19.1 Å². The van der Waals surface area contributed by atoms with Crippen molar-refractivity contribution >= 4 is 0 Å². The Morgan fingerprint density at radius 1 is 1.03 bits per heavy atom. The number of aromatic nitrogens is 1. The molecule has 4 fully saturated rings. The third kappa shape index (κ3) is 2.63. The van der Waals surface area contributed by atoms with Crippen LogP contribution in [0.25, 0.3) is 0 Å². The van der Waals surface area contributed by atoms with Crippen LogP contribution in [0.4, 0.5) is 0 Å². The standard InChI is InChI=1S/C30H39N3O/c1-28-10-7-24-17-23-3-4-25(32-14-2-15-32)18-29(23)11-12-30(24,34-29)26(28)5-6-27(28)33-16-9-21-8-13-31-19-22(21)20-33/h7-8,13,17,19,25-27H,2-6,9-12,14-16,18,20H2,1H3/t25-,26+,27?,28-,29+,30+/m0/s1. The molecule has 0 radical (unpaired) electrons. The Bertz CT molecular complexity index is 1090. The predicted molar refractivity (Wildman–Crippen MR) is 133 cm³/mol. The van der Waals surface area contributed by atoms with E-state index in [9.17, 15) is 0 Å². The van der Waals surface area contributed by atoms with Crippen LogP contribution in [0.2, 0.25) is 0 Å². The molecule has 0 aromatic carbocycles. The van der Waals surface area contributed by atoms with Gasteiger partial charge in [0, 0.05) is 37.6 Å². The molecule has 8 rings (SSSR count). The van der Waals surface area contributed by atoms with Crippen LogP contribution in [0.1, 0.15) is 75.8 Å². The van der Waals surface area contributed by atoms with E-state index in [2.05, 4.69) is 46.1 Å². The molecular weight excluding hydrogens is 418 g/mol. The molecule has 5 heterocycles. The van der Waals surface area contributed by atoms with Gasteiger partial charge in [0.25, 0.3) is 0 Å². The second-order valence-electron chi connectivity index (χ2n) is 12.8. The first-order valence-corrected chi connectivity index (χ1v) is 14.1. The zero-order chi connectivity index (χ0) is 22.5. The Labute approximate surface area is 204 Å². The zero-order valence-electron chi connectivity index (χ0n) is 20.8. The fourth-order valence-electron chi connectivity index (χ4n) is 9.64. The van der Waals surface area contributed by atoms with Gasteiger partial charge < -0.3 is 9.64 Å². The first kappa shape index (κ1) is 20.7. The summed E-state index contributed by atoms with van der Waals surface area (Å²) in [6.07, 6.45) is 22.1. The quantitative estimate of drug-likeness (QED) is 0.622. The Balaban J connectivity index is 1.11. The highest BCUT2D eigenvalue weighted by atomic mass is 16.5. The fourth-order valence-corrected chi connectivity index (χ4v) is 9.64. The maximum absolute atomic E-state index is 7.51. The van der Waals surface area contributed by atoms with Crippen molar-refractivity contribution in [1.29, 1.82) is 0 Å². The van der Waals surface area contributed by atoms with Gasteiger partial charge in [0.1, 0.15) is 0 Å². The van der Waals surface area contributed by atoms with Gasteiger partial charge in [-0.2, -0.15) is 0 Å². The third-order valence-electron chi connectivity index (χ3n) is 11.5. The number of rotatable bonds is 2. The van der Waals surface area contributed by atoms with Gasteiger partial charge in [-0.15, -0.1) is 0 Å². The van der Waals surface area contributed by atoms with Crippen LogP contribution in [0.5, 0.6) is 0 Å². The van der Waals surface area contributed by atoms with Gasteiger partial charge in [-0.3, -0.25) is 9.88 Å². The molecule has 2 saturated heterocycles. The Morgan fingerprint density at radius 2 is 1.97 bits per heavy atom. The monoisotopic (exact) mass is 457 g/mol. The van der Waals surface area contributed by atoms with E-state index in [-0.39, 0.29) is 11.2 Å². The minimum absolute atomic E-state index is 0.0165. The van der Waals surface area contributed by atoms with Crippen molar-refractivity contribution in [3.63, 3.8) is 0 Å². The zero-order valence-corrected chi connectivity index (χ0v) is 20.8. The van der Waals surface area contributed by atoms with E-state index in [1.807, 2.05) is 6.20 Å². The topological polar surface area (TPSA) is 28.6 Å². The third-order valence-corrected chi connectivity index (χ3v) is 11.5. The lowest BCUT2D eigenvalue weighted by atomic mass is 9.59. The van der Waals surface area contributed by atoms with E-state index in [1.54, 1.807) is 11.1 Å². The summed E-state index contributed by atoms with van der Waals surface area (Å²) in [7, 11) is 0. The normalized spacial score (nSPS) is 45.4. The summed E-state index contributed by atoms with van der Waals surface area (Å²) in [5, 5.41) is 0. The second-order valence-corrected chi connectivity index (χ2v) is 12.8. The van der Waals surface area contributed by atoms with Gasteiger partial charge in [0.2, 0.25) is 0 Å². The summed E-state index contributed by atoms with van der Waals surface area (Å²) in [6, 6.07) is 3.64. The van der Waals surface area contributed by atoms with Crippen LogP contribution in [-0.4, -0.2) is 57.7 Å². The number of hydrogen-bond donors (Lipinski definition) is 0. The highest BCUT2D eigenvalue weighted by molar-refractivity contribution is 5.47. The van der Waals surface area contributed by atoms with Crippen molar-refractivity contribution in [1.82, 2.24) is 14.8 Å². The number of allylic oxidation sites excluding steroid dienone is 1.